The zero-order valence-electron chi connectivity index (χ0n) is 12.0. The van der Waals surface area contributed by atoms with E-state index in [9.17, 15) is 4.79 Å². The molecule has 0 aliphatic heterocycles. The lowest BCUT2D eigenvalue weighted by Gasteiger charge is -1.99. The highest BCUT2D eigenvalue weighted by Gasteiger charge is 1.90. The van der Waals surface area contributed by atoms with Gasteiger partial charge in [-0.05, 0) is 32.1 Å². The molecule has 0 heterocycles. The van der Waals surface area contributed by atoms with E-state index in [1.54, 1.807) is 0 Å². The summed E-state index contributed by atoms with van der Waals surface area (Å²) in [4.78, 5) is 9.89. The third kappa shape index (κ3) is 15.2. The highest BCUT2D eigenvalue weighted by molar-refractivity contribution is 5.36. The predicted molar refractivity (Wildman–Crippen MR) is 77.6 cm³/mol. The van der Waals surface area contributed by atoms with Gasteiger partial charge in [-0.15, -0.1) is 0 Å². The Morgan fingerprint density at radius 1 is 0.778 bits per heavy atom. The molecule has 0 spiro atoms. The van der Waals surface area contributed by atoms with Crippen molar-refractivity contribution < 1.29 is 9.53 Å². The molecular formula is C16H30O2. The summed E-state index contributed by atoms with van der Waals surface area (Å²) >= 11 is 0. The van der Waals surface area contributed by atoms with Gasteiger partial charge in [0.25, 0.3) is 6.47 Å². The molecule has 0 aliphatic rings. The smallest absolute Gasteiger partial charge is 0.293 e. The molecule has 18 heavy (non-hydrogen) atoms. The van der Waals surface area contributed by atoms with Crippen LogP contribution in [0.3, 0.4) is 0 Å². The van der Waals surface area contributed by atoms with E-state index in [0.29, 0.717) is 13.1 Å². The lowest BCUT2D eigenvalue weighted by Crippen LogP contribution is -1.91. The van der Waals surface area contributed by atoms with Gasteiger partial charge in [-0.25, -0.2) is 0 Å². The highest BCUT2D eigenvalue weighted by atomic mass is 16.5. The number of rotatable bonds is 14. The van der Waals surface area contributed by atoms with Crippen molar-refractivity contribution in [2.75, 3.05) is 6.61 Å². The summed E-state index contributed by atoms with van der Waals surface area (Å²) in [5, 5.41) is 0. The first kappa shape index (κ1) is 17.2. The quantitative estimate of drug-likeness (QED) is 0.247. The molecule has 0 aromatic rings. The van der Waals surface area contributed by atoms with Crippen LogP contribution in [0.5, 0.6) is 0 Å². The second kappa shape index (κ2) is 16.2. The van der Waals surface area contributed by atoms with E-state index >= 15 is 0 Å². The molecule has 0 aromatic heterocycles. The SMILES string of the molecule is CCCCCCC=CCCCCCCCOC=O. The minimum Gasteiger partial charge on any atom is -0.468 e. The number of carbonyl (C=O) groups excluding carboxylic acids is 1. The number of allylic oxidation sites excluding steroid dienone is 2. The molecule has 0 bridgehead atoms. The Bertz CT molecular complexity index is 188. The summed E-state index contributed by atoms with van der Waals surface area (Å²) in [5.74, 6) is 0. The van der Waals surface area contributed by atoms with Crippen LogP contribution in [0.25, 0.3) is 0 Å². The van der Waals surface area contributed by atoms with Crippen LogP contribution >= 0.6 is 0 Å². The summed E-state index contributed by atoms with van der Waals surface area (Å²) in [6.07, 6.45) is 18.6. The van der Waals surface area contributed by atoms with E-state index < -0.39 is 0 Å². The number of ether oxygens (including phenoxy) is 1. The molecule has 0 radical (unpaired) electrons. The number of hydrogen-bond donors (Lipinski definition) is 0. The van der Waals surface area contributed by atoms with Crippen molar-refractivity contribution in [3.05, 3.63) is 12.2 Å². The van der Waals surface area contributed by atoms with Gasteiger partial charge in [-0.1, -0.05) is 57.6 Å². The van der Waals surface area contributed by atoms with Gasteiger partial charge in [0.1, 0.15) is 0 Å². The van der Waals surface area contributed by atoms with Crippen LogP contribution < -0.4 is 0 Å². The average Bonchev–Trinajstić information content (AvgIpc) is 2.39. The van der Waals surface area contributed by atoms with Crippen molar-refractivity contribution in [1.82, 2.24) is 0 Å². The fourth-order valence-corrected chi connectivity index (χ4v) is 1.95. The Balaban J connectivity index is 3.01. The molecule has 0 aliphatic carbocycles. The van der Waals surface area contributed by atoms with E-state index in [0.717, 1.165) is 6.42 Å². The van der Waals surface area contributed by atoms with Gasteiger partial charge in [-0.3, -0.25) is 4.79 Å². The maximum absolute atomic E-state index is 9.89. The van der Waals surface area contributed by atoms with Gasteiger partial charge in [0.2, 0.25) is 0 Å². The van der Waals surface area contributed by atoms with Crippen LogP contribution in [-0.2, 0) is 9.53 Å². The summed E-state index contributed by atoms with van der Waals surface area (Å²) in [6, 6.07) is 0. The molecule has 106 valence electrons. The number of carbonyl (C=O) groups is 1. The molecule has 0 N–H and O–H groups in total. The third-order valence-electron chi connectivity index (χ3n) is 3.09. The fourth-order valence-electron chi connectivity index (χ4n) is 1.95. The Morgan fingerprint density at radius 2 is 1.33 bits per heavy atom. The van der Waals surface area contributed by atoms with E-state index in [-0.39, 0.29) is 0 Å². The molecule has 0 amide bonds. The van der Waals surface area contributed by atoms with Crippen molar-refractivity contribution >= 4 is 6.47 Å². The van der Waals surface area contributed by atoms with Crippen molar-refractivity contribution in [3.63, 3.8) is 0 Å². The summed E-state index contributed by atoms with van der Waals surface area (Å²) in [6.45, 7) is 3.37. The third-order valence-corrected chi connectivity index (χ3v) is 3.09. The zero-order valence-corrected chi connectivity index (χ0v) is 12.0. The number of hydrogen-bond acceptors (Lipinski definition) is 2. The van der Waals surface area contributed by atoms with Crippen molar-refractivity contribution in [2.45, 2.75) is 77.6 Å². The van der Waals surface area contributed by atoms with Gasteiger partial charge in [0.15, 0.2) is 0 Å². The van der Waals surface area contributed by atoms with E-state index in [2.05, 4.69) is 23.8 Å². The van der Waals surface area contributed by atoms with Gasteiger partial charge in [0, 0.05) is 0 Å². The lowest BCUT2D eigenvalue weighted by atomic mass is 10.1. The van der Waals surface area contributed by atoms with Gasteiger partial charge < -0.3 is 4.74 Å². The maximum Gasteiger partial charge on any atom is 0.293 e. The molecule has 0 unspecified atom stereocenters. The largest absolute Gasteiger partial charge is 0.468 e. The average molecular weight is 254 g/mol. The Morgan fingerprint density at radius 3 is 1.94 bits per heavy atom. The second-order valence-corrected chi connectivity index (χ2v) is 4.84. The molecule has 0 atom stereocenters. The van der Waals surface area contributed by atoms with E-state index in [1.807, 2.05) is 0 Å². The standard InChI is InChI=1S/C16H30O2/c1-2-3-4-5-6-7-8-9-10-11-12-13-14-15-18-16-17/h7-8,16H,2-6,9-15H2,1H3. The van der Waals surface area contributed by atoms with Gasteiger partial charge >= 0.3 is 0 Å². The van der Waals surface area contributed by atoms with Crippen LogP contribution in [0.15, 0.2) is 12.2 Å². The van der Waals surface area contributed by atoms with Gasteiger partial charge in [-0.2, -0.15) is 0 Å². The maximum atomic E-state index is 9.89. The minimum atomic E-state index is 0.533. The van der Waals surface area contributed by atoms with Crippen LogP contribution in [0.4, 0.5) is 0 Å². The van der Waals surface area contributed by atoms with Crippen molar-refractivity contribution in [3.8, 4) is 0 Å². The lowest BCUT2D eigenvalue weighted by molar-refractivity contribution is -0.128. The second-order valence-electron chi connectivity index (χ2n) is 4.84. The molecular weight excluding hydrogens is 224 g/mol. The predicted octanol–water partition coefficient (Wildman–Crippen LogP) is 5.03. The first-order valence-corrected chi connectivity index (χ1v) is 7.62. The van der Waals surface area contributed by atoms with Gasteiger partial charge in [0.05, 0.1) is 6.61 Å². The fraction of sp³-hybridized carbons (Fsp3) is 0.812. The molecule has 2 heteroatoms. The molecule has 0 rings (SSSR count). The zero-order chi connectivity index (χ0) is 13.3. The molecule has 0 saturated heterocycles. The summed E-state index contributed by atoms with van der Waals surface area (Å²) in [5.41, 5.74) is 0. The summed E-state index contributed by atoms with van der Waals surface area (Å²) < 4.78 is 4.64. The monoisotopic (exact) mass is 254 g/mol. The Hall–Kier alpha value is -0.790. The Kier molecular flexibility index (Phi) is 15.5. The topological polar surface area (TPSA) is 26.3 Å². The van der Waals surface area contributed by atoms with E-state index in [1.165, 1.54) is 64.2 Å². The van der Waals surface area contributed by atoms with Crippen molar-refractivity contribution in [1.29, 1.82) is 0 Å². The van der Waals surface area contributed by atoms with Crippen LogP contribution in [0.1, 0.15) is 77.6 Å². The molecule has 0 saturated carbocycles. The first-order chi connectivity index (χ1) is 8.91. The normalized spacial score (nSPS) is 10.9. The first-order valence-electron chi connectivity index (χ1n) is 7.62. The Labute approximate surface area is 113 Å². The van der Waals surface area contributed by atoms with E-state index in [4.69, 9.17) is 0 Å². The van der Waals surface area contributed by atoms with Crippen LogP contribution in [0, 0.1) is 0 Å². The molecule has 0 aromatic carbocycles. The number of unbranched alkanes of at least 4 members (excludes halogenated alkanes) is 9. The van der Waals surface area contributed by atoms with Crippen LogP contribution in [-0.4, -0.2) is 13.1 Å². The summed E-state index contributed by atoms with van der Waals surface area (Å²) in [7, 11) is 0. The van der Waals surface area contributed by atoms with Crippen LogP contribution in [0.2, 0.25) is 0 Å². The molecule has 0 fully saturated rings. The molecule has 2 nitrogen and oxygen atoms in total. The van der Waals surface area contributed by atoms with Crippen molar-refractivity contribution in [2.24, 2.45) is 0 Å². The highest BCUT2D eigenvalue weighted by Crippen LogP contribution is 2.07. The minimum absolute atomic E-state index is 0.533.